The van der Waals surface area contributed by atoms with E-state index in [2.05, 4.69) is 5.32 Å². The molecule has 0 aromatic heterocycles. The van der Waals surface area contributed by atoms with Gasteiger partial charge in [-0.05, 0) is 47.1 Å². The topological polar surface area (TPSA) is 91.3 Å². The van der Waals surface area contributed by atoms with E-state index in [0.29, 0.717) is 13.2 Å². The van der Waals surface area contributed by atoms with Crippen LogP contribution in [0.1, 0.15) is 43.5 Å². The molecule has 0 spiro atoms. The maximum absolute atomic E-state index is 14.4. The largest absolute Gasteiger partial charge is 0.496 e. The number of hydrogen-bond acceptors (Lipinski definition) is 6. The molecule has 2 aromatic carbocycles. The highest BCUT2D eigenvalue weighted by atomic mass is 19.4. The molecule has 11 heteroatoms. The predicted molar refractivity (Wildman–Crippen MR) is 155 cm³/mol. The van der Waals surface area contributed by atoms with E-state index >= 15 is 0 Å². The number of halogens is 3. The number of ether oxygens (including phenoxy) is 2. The van der Waals surface area contributed by atoms with Gasteiger partial charge in [-0.1, -0.05) is 39.0 Å². The molecule has 1 aliphatic carbocycles. The van der Waals surface area contributed by atoms with Crippen LogP contribution in [0.25, 0.3) is 0 Å². The quantitative estimate of drug-likeness (QED) is 0.447. The zero-order chi connectivity index (χ0) is 31.4. The summed E-state index contributed by atoms with van der Waals surface area (Å²) in [6, 6.07) is 8.42. The molecule has 3 fully saturated rings. The summed E-state index contributed by atoms with van der Waals surface area (Å²) in [7, 11) is 5.16. The number of likely N-dealkylation sites (tertiary alicyclic amines) is 1. The van der Waals surface area contributed by atoms with Crippen molar-refractivity contribution in [1.29, 1.82) is 0 Å². The second kappa shape index (κ2) is 11.3. The Balaban J connectivity index is 1.64. The van der Waals surface area contributed by atoms with Crippen molar-refractivity contribution >= 4 is 17.6 Å². The van der Waals surface area contributed by atoms with E-state index in [1.54, 1.807) is 4.90 Å². The fraction of sp³-hybridized carbons (Fsp3) is 0.562. The van der Waals surface area contributed by atoms with E-state index in [0.717, 1.165) is 23.4 Å². The van der Waals surface area contributed by atoms with E-state index < -0.39 is 47.2 Å². The van der Waals surface area contributed by atoms with E-state index in [1.807, 2.05) is 64.0 Å². The van der Waals surface area contributed by atoms with Gasteiger partial charge in [0.15, 0.2) is 0 Å². The number of fused-ring (bicyclic) bond motifs is 1. The minimum Gasteiger partial charge on any atom is -0.496 e. The molecule has 3 aliphatic rings. The summed E-state index contributed by atoms with van der Waals surface area (Å²) in [6.45, 7) is 6.75. The normalized spacial score (nSPS) is 28.5. The zero-order valence-electron chi connectivity index (χ0n) is 25.3. The average molecular weight is 604 g/mol. The molecule has 2 aromatic rings. The van der Waals surface area contributed by atoms with Crippen LogP contribution in [0.5, 0.6) is 5.75 Å². The highest BCUT2D eigenvalue weighted by molar-refractivity contribution is 5.89. The first-order valence-electron chi connectivity index (χ1n) is 14.5. The standard InChI is InChI=1S/C32H40F3N3O5/c1-31(2,3)25-26(36-14-17-13-18(32(33,34)35)11-12-23(17)42-6)27(19-9-7-8-10-22(19)37(4)5)38(28(25)30(40)41)29(39)24-20-15-43-16-21(20)24/h7-13,20-21,24-28,36H,14-16H2,1-6H3,(H,40,41)/t20?,21?,24?,25-,26-,27-,28-/m1/s1. The maximum Gasteiger partial charge on any atom is 0.416 e. The summed E-state index contributed by atoms with van der Waals surface area (Å²) in [5, 5.41) is 14.2. The third kappa shape index (κ3) is 5.69. The molecule has 2 saturated heterocycles. The Labute approximate surface area is 250 Å². The Morgan fingerprint density at radius 3 is 2.30 bits per heavy atom. The van der Waals surface area contributed by atoms with Crippen molar-refractivity contribution < 1.29 is 37.3 Å². The molecule has 0 bridgehead atoms. The monoisotopic (exact) mass is 603 g/mol. The summed E-state index contributed by atoms with van der Waals surface area (Å²) in [5.74, 6) is -1.79. The molecular weight excluding hydrogens is 563 g/mol. The molecule has 8 nitrogen and oxygen atoms in total. The summed E-state index contributed by atoms with van der Waals surface area (Å²) >= 11 is 0. The first-order chi connectivity index (χ1) is 20.2. The van der Waals surface area contributed by atoms with Crippen LogP contribution in [0.4, 0.5) is 18.9 Å². The number of para-hydroxylation sites is 1. The maximum atomic E-state index is 14.4. The predicted octanol–water partition coefficient (Wildman–Crippen LogP) is 4.83. The molecule has 2 N–H and O–H groups in total. The fourth-order valence-corrected chi connectivity index (χ4v) is 7.30. The molecule has 0 radical (unpaired) electrons. The molecular formula is C32H40F3N3O5. The van der Waals surface area contributed by atoms with Gasteiger partial charge in [0.25, 0.3) is 0 Å². The number of carboxylic acid groups (broad SMARTS) is 1. The number of nitrogens with zero attached hydrogens (tertiary/aromatic N) is 2. The van der Waals surface area contributed by atoms with Gasteiger partial charge < -0.3 is 29.7 Å². The Bertz CT molecular complexity index is 1360. The number of methoxy groups -OCH3 is 1. The number of carboxylic acids is 1. The molecule has 2 unspecified atom stereocenters. The smallest absolute Gasteiger partial charge is 0.416 e. The number of hydrogen-bond donors (Lipinski definition) is 2. The van der Waals surface area contributed by atoms with Crippen molar-refractivity contribution in [2.24, 2.45) is 29.1 Å². The minimum atomic E-state index is -4.54. The number of aliphatic carboxylic acids is 1. The summed E-state index contributed by atoms with van der Waals surface area (Å²) in [4.78, 5) is 31.0. The van der Waals surface area contributed by atoms with E-state index in [1.165, 1.54) is 13.2 Å². The van der Waals surface area contributed by atoms with Crippen LogP contribution in [-0.2, 0) is 27.0 Å². The first kappa shape index (κ1) is 31.1. The van der Waals surface area contributed by atoms with Gasteiger partial charge >= 0.3 is 12.1 Å². The summed E-state index contributed by atoms with van der Waals surface area (Å²) in [6.07, 6.45) is -4.54. The van der Waals surface area contributed by atoms with Crippen LogP contribution in [0.2, 0.25) is 0 Å². The van der Waals surface area contributed by atoms with Crippen LogP contribution in [0, 0.1) is 29.1 Å². The van der Waals surface area contributed by atoms with Crippen LogP contribution < -0.4 is 15.0 Å². The van der Waals surface area contributed by atoms with E-state index in [-0.39, 0.29) is 41.5 Å². The number of amides is 1. The number of alkyl halides is 3. The SMILES string of the molecule is COc1ccc(C(F)(F)F)cc1CN[C@@H]1[C@@H](C(C)(C)C)[C@H](C(=O)O)N(C(=O)C2C3COCC32)[C@@H]1c1ccccc1N(C)C. The van der Waals surface area contributed by atoms with Crippen molar-refractivity contribution in [3.05, 3.63) is 59.2 Å². The molecule has 1 amide bonds. The lowest BCUT2D eigenvalue weighted by atomic mass is 9.72. The van der Waals surface area contributed by atoms with Gasteiger partial charge in [0.05, 0.1) is 31.9 Å². The van der Waals surface area contributed by atoms with Crippen LogP contribution in [-0.4, -0.2) is 68.4 Å². The highest BCUT2D eigenvalue weighted by Gasteiger charge is 2.65. The first-order valence-corrected chi connectivity index (χ1v) is 14.5. The van der Waals surface area contributed by atoms with Gasteiger partial charge in [-0.25, -0.2) is 4.79 Å². The lowest BCUT2D eigenvalue weighted by Crippen LogP contribution is -2.48. The van der Waals surface area contributed by atoms with Crippen molar-refractivity contribution in [3.8, 4) is 5.75 Å². The average Bonchev–Trinajstić information content (AvgIpc) is 3.25. The van der Waals surface area contributed by atoms with Gasteiger partial charge in [-0.15, -0.1) is 0 Å². The number of benzene rings is 2. The lowest BCUT2D eigenvalue weighted by Gasteiger charge is -2.36. The van der Waals surface area contributed by atoms with Gasteiger partial charge in [0.2, 0.25) is 5.91 Å². The zero-order valence-corrected chi connectivity index (χ0v) is 25.3. The molecule has 5 rings (SSSR count). The lowest BCUT2D eigenvalue weighted by molar-refractivity contribution is -0.153. The van der Waals surface area contributed by atoms with Crippen LogP contribution in [0.15, 0.2) is 42.5 Å². The van der Waals surface area contributed by atoms with E-state index in [9.17, 15) is 27.9 Å². The van der Waals surface area contributed by atoms with Gasteiger partial charge in [0.1, 0.15) is 11.8 Å². The molecule has 2 heterocycles. The number of nitrogens with one attached hydrogen (secondary N) is 1. The van der Waals surface area contributed by atoms with Crippen LogP contribution >= 0.6 is 0 Å². The highest BCUT2D eigenvalue weighted by Crippen LogP contribution is 2.56. The molecule has 43 heavy (non-hydrogen) atoms. The van der Waals surface area contributed by atoms with Crippen LogP contribution in [0.3, 0.4) is 0 Å². The number of anilines is 1. The third-order valence-corrected chi connectivity index (χ3v) is 9.28. The second-order valence-corrected chi connectivity index (χ2v) is 13.1. The summed E-state index contributed by atoms with van der Waals surface area (Å²) in [5.41, 5.74) is 0.485. The Kier molecular flexibility index (Phi) is 8.19. The van der Waals surface area contributed by atoms with Crippen molar-refractivity contribution in [3.63, 3.8) is 0 Å². The number of rotatable bonds is 8. The molecule has 2 aliphatic heterocycles. The van der Waals surface area contributed by atoms with Crippen molar-refractivity contribution in [1.82, 2.24) is 10.2 Å². The van der Waals surface area contributed by atoms with Crippen molar-refractivity contribution in [2.45, 2.75) is 51.6 Å². The number of carbonyl (C=O) groups excluding carboxylic acids is 1. The van der Waals surface area contributed by atoms with Crippen molar-refractivity contribution in [2.75, 3.05) is 39.3 Å². The Morgan fingerprint density at radius 2 is 1.74 bits per heavy atom. The minimum absolute atomic E-state index is 0.0259. The Hall–Kier alpha value is -3.31. The number of carbonyl (C=O) groups is 2. The molecule has 1 saturated carbocycles. The fourth-order valence-electron chi connectivity index (χ4n) is 7.30. The molecule has 234 valence electrons. The Morgan fingerprint density at radius 1 is 1.09 bits per heavy atom. The summed E-state index contributed by atoms with van der Waals surface area (Å²) < 4.78 is 51.9. The van der Waals surface area contributed by atoms with Gasteiger partial charge in [0, 0.05) is 49.8 Å². The van der Waals surface area contributed by atoms with E-state index in [4.69, 9.17) is 9.47 Å². The second-order valence-electron chi connectivity index (χ2n) is 13.1. The molecule has 6 atom stereocenters. The van der Waals surface area contributed by atoms with Gasteiger partial charge in [-0.2, -0.15) is 13.2 Å². The third-order valence-electron chi connectivity index (χ3n) is 9.28. The van der Waals surface area contributed by atoms with Gasteiger partial charge in [-0.3, -0.25) is 4.79 Å².